The van der Waals surface area contributed by atoms with E-state index in [1.165, 1.54) is 29.0 Å². The first-order valence-electron chi connectivity index (χ1n) is 10.4. The Labute approximate surface area is 195 Å². The summed E-state index contributed by atoms with van der Waals surface area (Å²) in [5.41, 5.74) is -0.173. The Morgan fingerprint density at radius 1 is 1.06 bits per heavy atom. The number of anilines is 1. The Balaban J connectivity index is 1.34. The van der Waals surface area contributed by atoms with Gasteiger partial charge in [-0.25, -0.2) is 4.98 Å². The van der Waals surface area contributed by atoms with Gasteiger partial charge < -0.3 is 23.8 Å². The molecule has 2 amide bonds. The maximum Gasteiger partial charge on any atom is 0.416 e. The van der Waals surface area contributed by atoms with Crippen molar-refractivity contribution in [3.8, 4) is 11.5 Å². The first-order chi connectivity index (χ1) is 16.8. The number of benzene rings is 2. The van der Waals surface area contributed by atoms with Crippen LogP contribution in [0.15, 0.2) is 59.2 Å². The summed E-state index contributed by atoms with van der Waals surface area (Å²) in [5.74, 6) is 0.327. The van der Waals surface area contributed by atoms with E-state index in [0.717, 1.165) is 12.1 Å². The number of fused-ring (bicyclic) bond motifs is 2. The van der Waals surface area contributed by atoms with Gasteiger partial charge in [-0.05, 0) is 48.5 Å². The molecule has 0 fully saturated rings. The van der Waals surface area contributed by atoms with Crippen molar-refractivity contribution in [2.45, 2.75) is 12.7 Å². The van der Waals surface area contributed by atoms with Gasteiger partial charge in [0.1, 0.15) is 5.76 Å². The predicted octanol–water partition coefficient (Wildman–Crippen LogP) is 3.79. The Morgan fingerprint density at radius 3 is 2.66 bits per heavy atom. The molecule has 0 atom stereocenters. The molecule has 0 bridgehead atoms. The normalized spacial score (nSPS) is 12.7. The smallest absolute Gasteiger partial charge is 0.416 e. The third kappa shape index (κ3) is 4.63. The van der Waals surface area contributed by atoms with Gasteiger partial charge in [-0.2, -0.15) is 13.2 Å². The summed E-state index contributed by atoms with van der Waals surface area (Å²) < 4.78 is 56.8. The SMILES string of the molecule is O=C(CNC(=O)c1ccc2c(c1)OCO2)Nc1nc2cc(C(F)(F)F)ccc2n1Cc1ccco1. The zero-order valence-corrected chi connectivity index (χ0v) is 17.9. The van der Waals surface area contributed by atoms with Gasteiger partial charge >= 0.3 is 6.18 Å². The van der Waals surface area contributed by atoms with Crippen molar-refractivity contribution in [3.05, 3.63) is 71.7 Å². The lowest BCUT2D eigenvalue weighted by molar-refractivity contribution is -0.137. The van der Waals surface area contributed by atoms with E-state index in [-0.39, 0.29) is 30.4 Å². The van der Waals surface area contributed by atoms with E-state index in [9.17, 15) is 22.8 Å². The van der Waals surface area contributed by atoms with Crippen LogP contribution in [-0.2, 0) is 17.5 Å². The van der Waals surface area contributed by atoms with Crippen molar-refractivity contribution in [2.24, 2.45) is 0 Å². The summed E-state index contributed by atoms with van der Waals surface area (Å²) in [6, 6.07) is 11.1. The molecular formula is C23H17F3N4O5. The van der Waals surface area contributed by atoms with Crippen LogP contribution in [0.4, 0.5) is 19.1 Å². The Hall–Kier alpha value is -4.48. The highest BCUT2D eigenvalue weighted by Gasteiger charge is 2.31. The molecule has 0 spiro atoms. The second kappa shape index (κ2) is 8.70. The van der Waals surface area contributed by atoms with E-state index < -0.39 is 30.1 Å². The minimum absolute atomic E-state index is 0.0121. The van der Waals surface area contributed by atoms with Gasteiger partial charge in [0.25, 0.3) is 5.91 Å². The first-order valence-corrected chi connectivity index (χ1v) is 10.4. The molecule has 180 valence electrons. The maximum atomic E-state index is 13.2. The lowest BCUT2D eigenvalue weighted by Gasteiger charge is -2.10. The minimum atomic E-state index is -4.54. The fourth-order valence-electron chi connectivity index (χ4n) is 3.59. The molecule has 9 nitrogen and oxygen atoms in total. The van der Waals surface area contributed by atoms with Gasteiger partial charge in [-0.15, -0.1) is 0 Å². The largest absolute Gasteiger partial charge is 0.467 e. The molecule has 5 rings (SSSR count). The van der Waals surface area contributed by atoms with Crippen LogP contribution in [0, 0.1) is 0 Å². The number of aromatic nitrogens is 2. The van der Waals surface area contributed by atoms with Crippen LogP contribution in [-0.4, -0.2) is 34.7 Å². The molecule has 0 saturated heterocycles. The molecule has 0 radical (unpaired) electrons. The van der Waals surface area contributed by atoms with Crippen LogP contribution >= 0.6 is 0 Å². The highest BCUT2D eigenvalue weighted by Crippen LogP contribution is 2.33. The number of hydrogen-bond acceptors (Lipinski definition) is 6. The van der Waals surface area contributed by atoms with Gasteiger partial charge in [-0.1, -0.05) is 0 Å². The molecule has 12 heteroatoms. The lowest BCUT2D eigenvalue weighted by Crippen LogP contribution is -2.33. The van der Waals surface area contributed by atoms with E-state index in [2.05, 4.69) is 15.6 Å². The number of carbonyl (C=O) groups is 2. The van der Waals surface area contributed by atoms with Gasteiger partial charge in [0, 0.05) is 5.56 Å². The number of alkyl halides is 3. The number of hydrogen-bond donors (Lipinski definition) is 2. The van der Waals surface area contributed by atoms with E-state index >= 15 is 0 Å². The van der Waals surface area contributed by atoms with Crippen LogP contribution in [0.3, 0.4) is 0 Å². The number of rotatable bonds is 6. The van der Waals surface area contributed by atoms with Crippen LogP contribution < -0.4 is 20.1 Å². The lowest BCUT2D eigenvalue weighted by atomic mass is 10.2. The molecule has 4 aromatic rings. The summed E-state index contributed by atoms with van der Waals surface area (Å²) >= 11 is 0. The predicted molar refractivity (Wildman–Crippen MR) is 116 cm³/mol. The van der Waals surface area contributed by atoms with Crippen LogP contribution in [0.5, 0.6) is 11.5 Å². The number of nitrogens with zero attached hydrogens (tertiary/aromatic N) is 2. The molecule has 1 aliphatic heterocycles. The molecule has 0 unspecified atom stereocenters. The van der Waals surface area contributed by atoms with Gasteiger partial charge in [0.15, 0.2) is 11.5 Å². The molecule has 3 heterocycles. The zero-order valence-electron chi connectivity index (χ0n) is 17.9. The maximum absolute atomic E-state index is 13.2. The summed E-state index contributed by atoms with van der Waals surface area (Å²) in [4.78, 5) is 29.2. The summed E-state index contributed by atoms with van der Waals surface area (Å²) in [5, 5.41) is 5.04. The quantitative estimate of drug-likeness (QED) is 0.430. The van der Waals surface area contributed by atoms with Gasteiger partial charge in [0.2, 0.25) is 18.6 Å². The number of amides is 2. The van der Waals surface area contributed by atoms with Crippen molar-refractivity contribution >= 4 is 28.8 Å². The van der Waals surface area contributed by atoms with Crippen molar-refractivity contribution < 1.29 is 36.7 Å². The Bertz CT molecular complexity index is 1410. The van der Waals surface area contributed by atoms with E-state index in [4.69, 9.17) is 13.9 Å². The van der Waals surface area contributed by atoms with Crippen molar-refractivity contribution in [1.82, 2.24) is 14.9 Å². The number of halogens is 3. The van der Waals surface area contributed by atoms with Crippen molar-refractivity contribution in [2.75, 3.05) is 18.7 Å². The van der Waals surface area contributed by atoms with Gasteiger partial charge in [-0.3, -0.25) is 14.9 Å². The Morgan fingerprint density at radius 2 is 1.89 bits per heavy atom. The van der Waals surface area contributed by atoms with Crippen LogP contribution in [0.2, 0.25) is 0 Å². The van der Waals surface area contributed by atoms with Crippen LogP contribution in [0.1, 0.15) is 21.7 Å². The first kappa shape index (κ1) is 22.3. The zero-order chi connectivity index (χ0) is 24.6. The average Bonchev–Trinajstić information content (AvgIpc) is 3.57. The molecule has 2 aromatic heterocycles. The topological polar surface area (TPSA) is 108 Å². The van der Waals surface area contributed by atoms with E-state index in [1.807, 2.05) is 0 Å². The number of imidazole rings is 1. The third-order valence-electron chi connectivity index (χ3n) is 5.27. The number of furan rings is 1. The third-order valence-corrected chi connectivity index (χ3v) is 5.27. The van der Waals surface area contributed by atoms with E-state index in [0.29, 0.717) is 22.8 Å². The molecule has 35 heavy (non-hydrogen) atoms. The fraction of sp³-hybridized carbons (Fsp3) is 0.174. The molecule has 1 aliphatic rings. The average molecular weight is 486 g/mol. The summed E-state index contributed by atoms with van der Waals surface area (Å²) in [6.07, 6.45) is -3.08. The number of ether oxygens (including phenoxy) is 2. The molecule has 0 saturated carbocycles. The monoisotopic (exact) mass is 486 g/mol. The second-order valence-electron chi connectivity index (χ2n) is 7.60. The van der Waals surface area contributed by atoms with Gasteiger partial charge in [0.05, 0.1) is 35.9 Å². The Kier molecular flexibility index (Phi) is 5.55. The van der Waals surface area contributed by atoms with E-state index in [1.54, 1.807) is 18.2 Å². The molecular weight excluding hydrogens is 469 g/mol. The standard InChI is InChI=1S/C23H17F3N4O5/c24-23(25,26)14-4-5-17-16(9-14)28-22(30(17)11-15-2-1-7-33-15)29-20(31)10-27-21(32)13-3-6-18-19(8-13)35-12-34-18/h1-9H,10-12H2,(H,27,32)(H,28,29,31). The van der Waals surface area contributed by atoms with Crippen LogP contribution in [0.25, 0.3) is 11.0 Å². The number of carbonyl (C=O) groups excluding carboxylic acids is 2. The number of nitrogens with one attached hydrogen (secondary N) is 2. The summed E-state index contributed by atoms with van der Waals surface area (Å²) in [6.45, 7) is -0.217. The summed E-state index contributed by atoms with van der Waals surface area (Å²) in [7, 11) is 0. The molecule has 0 aliphatic carbocycles. The molecule has 2 N–H and O–H groups in total. The highest BCUT2D eigenvalue weighted by molar-refractivity contribution is 5.99. The van der Waals surface area contributed by atoms with Crippen molar-refractivity contribution in [1.29, 1.82) is 0 Å². The fourth-order valence-corrected chi connectivity index (χ4v) is 3.59. The van der Waals surface area contributed by atoms with Crippen molar-refractivity contribution in [3.63, 3.8) is 0 Å². The minimum Gasteiger partial charge on any atom is -0.467 e. The highest BCUT2D eigenvalue weighted by atomic mass is 19.4. The second-order valence-corrected chi connectivity index (χ2v) is 7.60. The molecule has 2 aromatic carbocycles.